The van der Waals surface area contributed by atoms with Crippen molar-refractivity contribution < 1.29 is 23.8 Å². The van der Waals surface area contributed by atoms with Crippen LogP contribution in [0.1, 0.15) is 51.4 Å². The van der Waals surface area contributed by atoms with E-state index in [-0.39, 0.29) is 30.9 Å². The number of carbonyl (C=O) groups excluding carboxylic acids is 4. The van der Waals surface area contributed by atoms with Crippen LogP contribution in [0.5, 0.6) is 0 Å². The second kappa shape index (κ2) is 12.1. The smallest absolute Gasteiger partial charge is 0.353 e. The number of unbranched alkanes of at least 4 members (excludes halogenated alkanes) is 1. The minimum absolute atomic E-state index is 0.0217. The molecule has 1 unspecified atom stereocenters. The van der Waals surface area contributed by atoms with Crippen LogP contribution in [0.3, 0.4) is 0 Å². The Morgan fingerprint density at radius 1 is 1.06 bits per heavy atom. The molecule has 0 radical (unpaired) electrons. The zero-order valence-corrected chi connectivity index (χ0v) is 21.0. The van der Waals surface area contributed by atoms with E-state index in [1.165, 1.54) is 15.9 Å². The molecule has 1 fully saturated rings. The van der Waals surface area contributed by atoms with Gasteiger partial charge in [-0.1, -0.05) is 55.2 Å². The number of urea groups is 1. The van der Waals surface area contributed by atoms with Crippen molar-refractivity contribution in [2.75, 3.05) is 18.4 Å². The molecule has 5 amide bonds. The molecule has 2 N–H and O–H groups in total. The molecular weight excluding hydrogens is 480 g/mol. The maximum Gasteiger partial charge on any atom is 0.501 e. The van der Waals surface area contributed by atoms with Gasteiger partial charge in [0.2, 0.25) is 5.91 Å². The van der Waals surface area contributed by atoms with E-state index in [1.54, 1.807) is 48.6 Å². The first-order valence-electron chi connectivity index (χ1n) is 12.6. The number of imide groups is 1. The summed E-state index contributed by atoms with van der Waals surface area (Å²) in [6.45, 7) is -0.0367. The Hall–Kier alpha value is -3.26. The van der Waals surface area contributed by atoms with Crippen molar-refractivity contribution in [3.63, 3.8) is 0 Å². The number of rotatable bonds is 9. The number of hydrogen-bond donors (Lipinski definition) is 2. The topological polar surface area (TPSA) is 98.6 Å². The number of amides is 5. The lowest BCUT2D eigenvalue weighted by Gasteiger charge is -2.26. The lowest BCUT2D eigenvalue weighted by molar-refractivity contribution is -0.427. The van der Waals surface area contributed by atoms with Crippen LogP contribution >= 0.6 is 11.6 Å². The normalized spacial score (nSPS) is 19.9. The van der Waals surface area contributed by atoms with E-state index in [0.29, 0.717) is 35.7 Å². The van der Waals surface area contributed by atoms with Gasteiger partial charge in [-0.25, -0.2) is 4.79 Å². The number of anilines is 1. The Kier molecular flexibility index (Phi) is 8.70. The summed E-state index contributed by atoms with van der Waals surface area (Å²) in [5.41, 5.74) is 1.01. The average molecular weight is 512 g/mol. The molecule has 190 valence electrons. The molecule has 8 nitrogen and oxygen atoms in total. The van der Waals surface area contributed by atoms with Gasteiger partial charge in [-0.15, -0.1) is 0 Å². The zero-order valence-electron chi connectivity index (χ0n) is 20.2. The molecule has 1 heterocycles. The monoisotopic (exact) mass is 511 g/mol. The fourth-order valence-corrected chi connectivity index (χ4v) is 5.08. The molecule has 0 saturated heterocycles. The van der Waals surface area contributed by atoms with Gasteiger partial charge in [0, 0.05) is 23.2 Å². The van der Waals surface area contributed by atoms with E-state index in [2.05, 4.69) is 10.6 Å². The summed E-state index contributed by atoms with van der Waals surface area (Å²) in [5, 5.41) is 6.33. The van der Waals surface area contributed by atoms with E-state index >= 15 is 0 Å². The first-order chi connectivity index (χ1) is 17.4. The molecule has 1 aromatic carbocycles. The Morgan fingerprint density at radius 3 is 2.64 bits per heavy atom. The van der Waals surface area contributed by atoms with Crippen LogP contribution in [0.2, 0.25) is 5.02 Å². The van der Waals surface area contributed by atoms with Gasteiger partial charge in [-0.05, 0) is 50.0 Å². The Labute approximate surface area is 216 Å². The Morgan fingerprint density at radius 2 is 1.86 bits per heavy atom. The Balaban J connectivity index is 1.36. The van der Waals surface area contributed by atoms with Crippen molar-refractivity contribution in [3.05, 3.63) is 53.6 Å². The highest BCUT2D eigenvalue weighted by Gasteiger charge is 2.46. The second-order valence-corrected chi connectivity index (χ2v) is 9.86. The van der Waals surface area contributed by atoms with Crippen molar-refractivity contribution in [3.8, 4) is 0 Å². The maximum absolute atomic E-state index is 13.3. The molecule has 2 aliphatic carbocycles. The summed E-state index contributed by atoms with van der Waals surface area (Å²) in [5.74, 6) is -1.31. The van der Waals surface area contributed by atoms with Crippen LogP contribution in [-0.2, 0) is 14.4 Å². The molecule has 0 bridgehead atoms. The van der Waals surface area contributed by atoms with Crippen LogP contribution in [0.15, 0.2) is 48.6 Å². The number of benzene rings is 1. The van der Waals surface area contributed by atoms with Gasteiger partial charge in [-0.3, -0.25) is 9.59 Å². The summed E-state index contributed by atoms with van der Waals surface area (Å²) in [4.78, 5) is 52.6. The standard InChI is InChI=1S/C27H31ClN4O4/c28-19-9-8-12-21(17-19)30-25(34)18-32-23-14-5-4-13-22(23)26(35)31(27(32)36)16-7-6-15-24(33)29-20-10-2-1-3-11-20/h4-5,8-9,12-14,17,20,22H,1-3,6-7,10-11,15-16,18H2,(H-,29,30,33,34)/p+1. The highest BCUT2D eigenvalue weighted by Crippen LogP contribution is 2.21. The van der Waals surface area contributed by atoms with E-state index in [0.717, 1.165) is 25.7 Å². The molecule has 1 atom stereocenters. The number of fused-ring (bicyclic) bond motifs is 1. The molecule has 1 saturated carbocycles. The number of nitrogens with one attached hydrogen (secondary N) is 2. The largest absolute Gasteiger partial charge is 0.501 e. The minimum Gasteiger partial charge on any atom is -0.353 e. The lowest BCUT2D eigenvalue weighted by Crippen LogP contribution is -2.55. The van der Waals surface area contributed by atoms with Crippen LogP contribution in [0.4, 0.5) is 10.5 Å². The van der Waals surface area contributed by atoms with E-state index < -0.39 is 17.9 Å². The SMILES string of the molecule is O=C(C[N+]1=C2C=CC=CC2C(=O)N(CCCCC(=O)NC2CCCCC2)C1=O)Nc1cccc(Cl)c1. The molecule has 1 aliphatic heterocycles. The van der Waals surface area contributed by atoms with Crippen molar-refractivity contribution in [2.24, 2.45) is 5.92 Å². The fourth-order valence-electron chi connectivity index (χ4n) is 4.89. The summed E-state index contributed by atoms with van der Waals surface area (Å²) >= 11 is 5.99. The molecule has 36 heavy (non-hydrogen) atoms. The van der Waals surface area contributed by atoms with Gasteiger partial charge in [-0.2, -0.15) is 14.3 Å². The van der Waals surface area contributed by atoms with E-state index in [9.17, 15) is 19.2 Å². The van der Waals surface area contributed by atoms with Crippen molar-refractivity contribution >= 4 is 46.8 Å². The summed E-state index contributed by atoms with van der Waals surface area (Å²) in [7, 11) is 0. The van der Waals surface area contributed by atoms with Crippen molar-refractivity contribution in [1.82, 2.24) is 10.2 Å². The third kappa shape index (κ3) is 6.49. The predicted molar refractivity (Wildman–Crippen MR) is 138 cm³/mol. The quantitative estimate of drug-likeness (QED) is 0.386. The molecule has 9 heteroatoms. The van der Waals surface area contributed by atoms with Crippen LogP contribution in [-0.4, -0.2) is 58.1 Å². The second-order valence-electron chi connectivity index (χ2n) is 9.42. The average Bonchev–Trinajstić information content (AvgIpc) is 2.86. The van der Waals surface area contributed by atoms with Crippen LogP contribution in [0.25, 0.3) is 0 Å². The van der Waals surface area contributed by atoms with Gasteiger partial charge in [0.1, 0.15) is 11.6 Å². The van der Waals surface area contributed by atoms with Gasteiger partial charge in [0.25, 0.3) is 5.91 Å². The Bertz CT molecular complexity index is 1120. The number of carbonyl (C=O) groups is 4. The highest BCUT2D eigenvalue weighted by atomic mass is 35.5. The van der Waals surface area contributed by atoms with Gasteiger partial charge in [0.05, 0.1) is 6.54 Å². The maximum atomic E-state index is 13.3. The minimum atomic E-state index is -0.624. The van der Waals surface area contributed by atoms with Crippen LogP contribution in [0, 0.1) is 5.92 Å². The molecule has 1 aromatic rings. The van der Waals surface area contributed by atoms with Gasteiger partial charge in [0.15, 0.2) is 6.54 Å². The fraction of sp³-hybridized carbons (Fsp3) is 0.444. The zero-order chi connectivity index (χ0) is 25.5. The number of nitrogens with zero attached hydrogens (tertiary/aromatic N) is 2. The number of allylic oxidation sites excluding steroid dienone is 3. The molecule has 4 rings (SSSR count). The van der Waals surface area contributed by atoms with E-state index in [1.807, 2.05) is 0 Å². The molecular formula is C27H32ClN4O4+. The van der Waals surface area contributed by atoms with Crippen LogP contribution < -0.4 is 10.6 Å². The molecule has 3 aliphatic rings. The predicted octanol–water partition coefficient (Wildman–Crippen LogP) is 4.06. The van der Waals surface area contributed by atoms with E-state index in [4.69, 9.17) is 11.6 Å². The first-order valence-corrected chi connectivity index (χ1v) is 13.0. The number of hydrogen-bond acceptors (Lipinski definition) is 4. The van der Waals surface area contributed by atoms with Gasteiger partial charge < -0.3 is 10.6 Å². The molecule has 0 spiro atoms. The summed E-state index contributed by atoms with van der Waals surface area (Å²) in [6, 6.07) is 6.49. The summed E-state index contributed by atoms with van der Waals surface area (Å²) < 4.78 is 1.35. The lowest BCUT2D eigenvalue weighted by atomic mass is 9.94. The third-order valence-electron chi connectivity index (χ3n) is 6.72. The van der Waals surface area contributed by atoms with Crippen molar-refractivity contribution in [1.29, 1.82) is 0 Å². The van der Waals surface area contributed by atoms with Gasteiger partial charge >= 0.3 is 11.9 Å². The highest BCUT2D eigenvalue weighted by molar-refractivity contribution is 6.30. The third-order valence-corrected chi connectivity index (χ3v) is 6.96. The first kappa shape index (κ1) is 25.8. The molecule has 0 aromatic heterocycles. The number of halogens is 1. The van der Waals surface area contributed by atoms with Crippen molar-refractivity contribution in [2.45, 2.75) is 57.4 Å². The summed E-state index contributed by atoms with van der Waals surface area (Å²) in [6.07, 6.45) is 14.0.